The Bertz CT molecular complexity index is 608. The van der Waals surface area contributed by atoms with Crippen molar-refractivity contribution in [1.82, 2.24) is 4.98 Å². The standard InChI is InChI=1S/C13H11Cl3N2OS/c1-2-9-10(8-6-4-3-5-7-8)17-12(20-9)18-11(19)13(14,15)16/h3-7H,2H2,1H3,(H,17,18,19). The van der Waals surface area contributed by atoms with Gasteiger partial charge in [0, 0.05) is 10.4 Å². The van der Waals surface area contributed by atoms with Gasteiger partial charge in [0.25, 0.3) is 9.70 Å². The second-order valence-electron chi connectivity index (χ2n) is 3.96. The Morgan fingerprint density at radius 1 is 1.30 bits per heavy atom. The van der Waals surface area contributed by atoms with E-state index < -0.39 is 9.70 Å². The lowest BCUT2D eigenvalue weighted by atomic mass is 10.1. The number of carbonyl (C=O) groups is 1. The number of benzene rings is 1. The van der Waals surface area contributed by atoms with Crippen molar-refractivity contribution < 1.29 is 4.79 Å². The van der Waals surface area contributed by atoms with Crippen molar-refractivity contribution >= 4 is 57.2 Å². The molecule has 0 spiro atoms. The highest BCUT2D eigenvalue weighted by Crippen LogP contribution is 2.33. The SMILES string of the molecule is CCc1sc(NC(=O)C(Cl)(Cl)Cl)nc1-c1ccccc1. The molecule has 1 amide bonds. The van der Waals surface area contributed by atoms with Crippen molar-refractivity contribution in [3.63, 3.8) is 0 Å². The first-order valence-corrected chi connectivity index (χ1v) is 7.80. The van der Waals surface area contributed by atoms with Gasteiger partial charge in [0.1, 0.15) is 0 Å². The van der Waals surface area contributed by atoms with E-state index in [9.17, 15) is 4.79 Å². The summed E-state index contributed by atoms with van der Waals surface area (Å²) in [5.41, 5.74) is 1.84. The Morgan fingerprint density at radius 2 is 1.95 bits per heavy atom. The van der Waals surface area contributed by atoms with E-state index >= 15 is 0 Å². The molecule has 1 aromatic carbocycles. The number of anilines is 1. The number of nitrogens with zero attached hydrogens (tertiary/aromatic N) is 1. The quantitative estimate of drug-likeness (QED) is 0.817. The number of halogens is 3. The molecule has 106 valence electrons. The van der Waals surface area contributed by atoms with Crippen LogP contribution in [0.1, 0.15) is 11.8 Å². The van der Waals surface area contributed by atoms with Gasteiger partial charge in [0.15, 0.2) is 5.13 Å². The smallest absolute Gasteiger partial charge is 0.278 e. The molecule has 0 atom stereocenters. The van der Waals surface area contributed by atoms with Gasteiger partial charge in [-0.15, -0.1) is 11.3 Å². The lowest BCUT2D eigenvalue weighted by Crippen LogP contribution is -2.26. The number of aryl methyl sites for hydroxylation is 1. The van der Waals surface area contributed by atoms with Crippen LogP contribution in [0.4, 0.5) is 5.13 Å². The van der Waals surface area contributed by atoms with E-state index in [2.05, 4.69) is 10.3 Å². The van der Waals surface area contributed by atoms with Crippen molar-refractivity contribution in [3.05, 3.63) is 35.2 Å². The number of thiazole rings is 1. The highest BCUT2D eigenvalue weighted by Gasteiger charge is 2.31. The molecule has 0 saturated heterocycles. The molecule has 0 saturated carbocycles. The van der Waals surface area contributed by atoms with E-state index in [1.807, 2.05) is 37.3 Å². The topological polar surface area (TPSA) is 42.0 Å². The monoisotopic (exact) mass is 348 g/mol. The summed E-state index contributed by atoms with van der Waals surface area (Å²) in [5.74, 6) is -0.710. The molecule has 0 fully saturated rings. The molecule has 0 aliphatic heterocycles. The summed E-state index contributed by atoms with van der Waals surface area (Å²) >= 11 is 18.0. The molecule has 0 aliphatic rings. The van der Waals surface area contributed by atoms with Crippen LogP contribution in [0.25, 0.3) is 11.3 Å². The number of hydrogen-bond acceptors (Lipinski definition) is 3. The van der Waals surface area contributed by atoms with Crippen molar-refractivity contribution in [2.24, 2.45) is 0 Å². The maximum absolute atomic E-state index is 11.6. The van der Waals surface area contributed by atoms with Gasteiger partial charge in [0.05, 0.1) is 5.69 Å². The second-order valence-corrected chi connectivity index (χ2v) is 7.33. The van der Waals surface area contributed by atoms with Gasteiger partial charge in [-0.3, -0.25) is 10.1 Å². The zero-order chi connectivity index (χ0) is 14.8. The number of carbonyl (C=O) groups excluding carboxylic acids is 1. The first-order chi connectivity index (χ1) is 9.41. The molecule has 7 heteroatoms. The molecule has 1 heterocycles. The van der Waals surface area contributed by atoms with Gasteiger partial charge >= 0.3 is 0 Å². The van der Waals surface area contributed by atoms with E-state index in [1.165, 1.54) is 11.3 Å². The molecule has 0 unspecified atom stereocenters. The maximum atomic E-state index is 11.6. The molecular weight excluding hydrogens is 339 g/mol. The number of rotatable bonds is 3. The summed E-state index contributed by atoms with van der Waals surface area (Å²) in [6.07, 6.45) is 0.811. The Labute approximate surface area is 135 Å². The van der Waals surface area contributed by atoms with Crippen LogP contribution in [-0.4, -0.2) is 14.7 Å². The molecule has 0 radical (unpaired) electrons. The average molecular weight is 350 g/mol. The number of amides is 1. The molecule has 2 aromatic rings. The Morgan fingerprint density at radius 3 is 2.50 bits per heavy atom. The predicted molar refractivity (Wildman–Crippen MR) is 85.8 cm³/mol. The van der Waals surface area contributed by atoms with E-state index in [4.69, 9.17) is 34.8 Å². The van der Waals surface area contributed by atoms with Gasteiger partial charge in [-0.1, -0.05) is 72.1 Å². The first-order valence-electron chi connectivity index (χ1n) is 5.85. The van der Waals surface area contributed by atoms with Crippen LogP contribution in [0.15, 0.2) is 30.3 Å². The van der Waals surface area contributed by atoms with E-state index in [0.717, 1.165) is 22.6 Å². The summed E-state index contributed by atoms with van der Waals surface area (Å²) in [6.45, 7) is 2.03. The number of nitrogens with one attached hydrogen (secondary N) is 1. The minimum absolute atomic E-state index is 0.428. The molecule has 0 bridgehead atoms. The van der Waals surface area contributed by atoms with Crippen LogP contribution in [-0.2, 0) is 11.2 Å². The van der Waals surface area contributed by atoms with Crippen molar-refractivity contribution in [1.29, 1.82) is 0 Å². The summed E-state index contributed by atoms with van der Waals surface area (Å²) < 4.78 is -2.00. The zero-order valence-electron chi connectivity index (χ0n) is 10.5. The van der Waals surface area contributed by atoms with Crippen molar-refractivity contribution in [2.75, 3.05) is 5.32 Å². The van der Waals surface area contributed by atoms with E-state index in [0.29, 0.717) is 5.13 Å². The highest BCUT2D eigenvalue weighted by molar-refractivity contribution is 7.16. The molecular formula is C13H11Cl3N2OS. The minimum atomic E-state index is -2.00. The third-order valence-electron chi connectivity index (χ3n) is 2.54. The fourth-order valence-corrected chi connectivity index (χ4v) is 2.69. The second kappa shape index (κ2) is 6.31. The van der Waals surface area contributed by atoms with Gasteiger partial charge < -0.3 is 0 Å². The van der Waals surface area contributed by atoms with Crippen LogP contribution in [0, 0.1) is 0 Å². The molecule has 1 N–H and O–H groups in total. The first kappa shape index (κ1) is 15.6. The van der Waals surface area contributed by atoms with E-state index in [-0.39, 0.29) is 0 Å². The third kappa shape index (κ3) is 3.64. The highest BCUT2D eigenvalue weighted by atomic mass is 35.6. The van der Waals surface area contributed by atoms with Crippen molar-refractivity contribution in [2.45, 2.75) is 17.1 Å². The molecule has 20 heavy (non-hydrogen) atoms. The number of hydrogen-bond donors (Lipinski definition) is 1. The molecule has 2 rings (SSSR count). The van der Waals surface area contributed by atoms with Crippen LogP contribution in [0.2, 0.25) is 0 Å². The third-order valence-corrected chi connectivity index (χ3v) is 4.17. The average Bonchev–Trinajstić information content (AvgIpc) is 2.81. The summed E-state index contributed by atoms with van der Waals surface area (Å²) in [6, 6.07) is 9.75. The Balaban J connectivity index is 2.30. The fraction of sp³-hybridized carbons (Fsp3) is 0.231. The van der Waals surface area contributed by atoms with Gasteiger partial charge in [-0.05, 0) is 6.42 Å². The Hall–Kier alpha value is -0.810. The minimum Gasteiger partial charge on any atom is -0.298 e. The zero-order valence-corrected chi connectivity index (χ0v) is 13.6. The van der Waals surface area contributed by atoms with Crippen LogP contribution in [0.5, 0.6) is 0 Å². The Kier molecular flexibility index (Phi) is 4.91. The number of aromatic nitrogens is 1. The lowest BCUT2D eigenvalue weighted by Gasteiger charge is -2.08. The lowest BCUT2D eigenvalue weighted by molar-refractivity contribution is -0.115. The van der Waals surface area contributed by atoms with Crippen LogP contribution >= 0.6 is 46.1 Å². The molecule has 1 aromatic heterocycles. The van der Waals surface area contributed by atoms with Crippen LogP contribution < -0.4 is 5.32 Å². The van der Waals surface area contributed by atoms with Gasteiger partial charge in [-0.25, -0.2) is 4.98 Å². The summed E-state index contributed by atoms with van der Waals surface area (Å²) in [7, 11) is 0. The van der Waals surface area contributed by atoms with E-state index in [1.54, 1.807) is 0 Å². The van der Waals surface area contributed by atoms with Crippen molar-refractivity contribution in [3.8, 4) is 11.3 Å². The van der Waals surface area contributed by atoms with Crippen LogP contribution in [0.3, 0.4) is 0 Å². The normalized spacial score (nSPS) is 11.4. The fourth-order valence-electron chi connectivity index (χ4n) is 1.63. The predicted octanol–water partition coefficient (Wildman–Crippen LogP) is 4.68. The summed E-state index contributed by atoms with van der Waals surface area (Å²) in [4.78, 5) is 17.1. The summed E-state index contributed by atoms with van der Waals surface area (Å²) in [5, 5.41) is 2.95. The maximum Gasteiger partial charge on any atom is 0.278 e. The molecule has 3 nitrogen and oxygen atoms in total. The number of alkyl halides is 3. The molecule has 0 aliphatic carbocycles. The van der Waals surface area contributed by atoms with Gasteiger partial charge in [-0.2, -0.15) is 0 Å². The van der Waals surface area contributed by atoms with Gasteiger partial charge in [0.2, 0.25) is 0 Å². The largest absolute Gasteiger partial charge is 0.298 e.